The lowest BCUT2D eigenvalue weighted by molar-refractivity contribution is -0.121. The Kier molecular flexibility index (Phi) is 5.49. The van der Waals surface area contributed by atoms with Crippen LogP contribution in [0.15, 0.2) is 24.3 Å². The van der Waals surface area contributed by atoms with Crippen molar-refractivity contribution >= 4 is 31.5 Å². The zero-order valence-electron chi connectivity index (χ0n) is 13.1. The standard InChI is InChI=1S/C14H19FN2O5S2/c1-23(19,20)17(13-4-2-3-11(15)9-13)7-5-14(18)16-12-6-8-24(21,22)10-12/h2-4,9,12H,5-8,10H2,1H3,(H,16,18). The van der Waals surface area contributed by atoms with Crippen LogP contribution < -0.4 is 9.62 Å². The summed E-state index contributed by atoms with van der Waals surface area (Å²) in [5, 5.41) is 2.59. The number of hydrogen-bond acceptors (Lipinski definition) is 5. The van der Waals surface area contributed by atoms with Crippen LogP contribution in [0.25, 0.3) is 0 Å². The van der Waals surface area contributed by atoms with Crippen molar-refractivity contribution in [1.29, 1.82) is 0 Å². The molecule has 1 fully saturated rings. The van der Waals surface area contributed by atoms with E-state index in [1.54, 1.807) is 0 Å². The van der Waals surface area contributed by atoms with E-state index in [0.717, 1.165) is 16.6 Å². The molecule has 2 rings (SSSR count). The third-order valence-corrected chi connectivity index (χ3v) is 6.60. The molecule has 24 heavy (non-hydrogen) atoms. The molecular weight excluding hydrogens is 359 g/mol. The Morgan fingerprint density at radius 3 is 2.67 bits per heavy atom. The van der Waals surface area contributed by atoms with Gasteiger partial charge in [0.1, 0.15) is 5.82 Å². The zero-order chi connectivity index (χ0) is 18.0. The van der Waals surface area contributed by atoms with Gasteiger partial charge in [0.15, 0.2) is 9.84 Å². The van der Waals surface area contributed by atoms with E-state index in [-0.39, 0.29) is 30.2 Å². The molecule has 1 aliphatic heterocycles. The van der Waals surface area contributed by atoms with Gasteiger partial charge in [-0.2, -0.15) is 0 Å². The van der Waals surface area contributed by atoms with Crippen molar-refractivity contribution in [1.82, 2.24) is 5.32 Å². The van der Waals surface area contributed by atoms with Crippen LogP contribution in [-0.4, -0.2) is 53.1 Å². The minimum Gasteiger partial charge on any atom is -0.352 e. The molecule has 0 aliphatic carbocycles. The third-order valence-electron chi connectivity index (χ3n) is 3.64. The Morgan fingerprint density at radius 1 is 1.42 bits per heavy atom. The number of hydrogen-bond donors (Lipinski definition) is 1. The molecule has 10 heteroatoms. The van der Waals surface area contributed by atoms with Crippen LogP contribution in [-0.2, 0) is 24.7 Å². The number of amides is 1. The van der Waals surface area contributed by atoms with Crippen LogP contribution in [0.5, 0.6) is 0 Å². The highest BCUT2D eigenvalue weighted by Crippen LogP contribution is 2.19. The Hall–Kier alpha value is -1.68. The van der Waals surface area contributed by atoms with E-state index in [1.165, 1.54) is 18.2 Å². The van der Waals surface area contributed by atoms with Gasteiger partial charge in [-0.25, -0.2) is 21.2 Å². The van der Waals surface area contributed by atoms with Gasteiger partial charge in [0.25, 0.3) is 0 Å². The van der Waals surface area contributed by atoms with E-state index < -0.39 is 37.6 Å². The van der Waals surface area contributed by atoms with E-state index in [0.29, 0.717) is 6.42 Å². The molecule has 1 amide bonds. The molecule has 1 saturated heterocycles. The summed E-state index contributed by atoms with van der Waals surface area (Å²) in [5.74, 6) is -1.08. The van der Waals surface area contributed by atoms with Crippen LogP contribution in [0.2, 0.25) is 0 Å². The van der Waals surface area contributed by atoms with Crippen molar-refractivity contribution in [3.8, 4) is 0 Å². The summed E-state index contributed by atoms with van der Waals surface area (Å²) in [7, 11) is -6.79. The predicted octanol–water partition coefficient (Wildman–Crippen LogP) is 0.285. The van der Waals surface area contributed by atoms with Crippen molar-refractivity contribution in [3.05, 3.63) is 30.1 Å². The highest BCUT2D eigenvalue weighted by molar-refractivity contribution is 7.92. The molecule has 0 radical (unpaired) electrons. The van der Waals surface area contributed by atoms with Crippen LogP contribution in [0.1, 0.15) is 12.8 Å². The minimum atomic E-state index is -3.69. The molecule has 0 saturated carbocycles. The number of rotatable bonds is 6. The van der Waals surface area contributed by atoms with Gasteiger partial charge in [0.05, 0.1) is 23.4 Å². The summed E-state index contributed by atoms with van der Waals surface area (Å²) in [5.41, 5.74) is 0.133. The summed E-state index contributed by atoms with van der Waals surface area (Å²) in [6.45, 7) is -0.159. The largest absolute Gasteiger partial charge is 0.352 e. The summed E-state index contributed by atoms with van der Waals surface area (Å²) >= 11 is 0. The van der Waals surface area contributed by atoms with Crippen molar-refractivity contribution in [2.24, 2.45) is 0 Å². The molecule has 1 aromatic carbocycles. The second kappa shape index (κ2) is 7.06. The van der Waals surface area contributed by atoms with Gasteiger partial charge in [-0.1, -0.05) is 6.07 Å². The van der Waals surface area contributed by atoms with Gasteiger partial charge < -0.3 is 5.32 Å². The number of anilines is 1. The van der Waals surface area contributed by atoms with Gasteiger partial charge in [-0.3, -0.25) is 9.10 Å². The summed E-state index contributed by atoms with van der Waals surface area (Å²) in [4.78, 5) is 11.9. The van der Waals surface area contributed by atoms with Crippen molar-refractivity contribution < 1.29 is 26.0 Å². The highest BCUT2D eigenvalue weighted by Gasteiger charge is 2.29. The second-order valence-electron chi connectivity index (χ2n) is 5.73. The fourth-order valence-corrected chi connectivity index (χ4v) is 5.12. The van der Waals surface area contributed by atoms with E-state index in [9.17, 15) is 26.0 Å². The molecule has 7 nitrogen and oxygen atoms in total. The number of benzene rings is 1. The molecule has 1 heterocycles. The van der Waals surface area contributed by atoms with E-state index in [4.69, 9.17) is 0 Å². The van der Waals surface area contributed by atoms with Crippen molar-refractivity contribution in [2.75, 3.05) is 28.6 Å². The van der Waals surface area contributed by atoms with Crippen molar-refractivity contribution in [2.45, 2.75) is 18.9 Å². The zero-order valence-corrected chi connectivity index (χ0v) is 14.7. The Morgan fingerprint density at radius 2 is 2.12 bits per heavy atom. The van der Waals surface area contributed by atoms with Gasteiger partial charge in [-0.05, 0) is 24.6 Å². The van der Waals surface area contributed by atoms with Crippen LogP contribution in [0.3, 0.4) is 0 Å². The fourth-order valence-electron chi connectivity index (χ4n) is 2.53. The first-order valence-corrected chi connectivity index (χ1v) is 11.0. The number of nitrogens with one attached hydrogen (secondary N) is 1. The molecule has 1 aliphatic rings. The maximum Gasteiger partial charge on any atom is 0.232 e. The lowest BCUT2D eigenvalue weighted by Crippen LogP contribution is -2.39. The van der Waals surface area contributed by atoms with Crippen LogP contribution in [0.4, 0.5) is 10.1 Å². The number of sulfone groups is 1. The lowest BCUT2D eigenvalue weighted by atomic mass is 10.2. The average Bonchev–Trinajstić information content (AvgIpc) is 2.76. The monoisotopic (exact) mass is 378 g/mol. The first kappa shape index (κ1) is 18.7. The molecule has 0 aromatic heterocycles. The van der Waals surface area contributed by atoms with Gasteiger partial charge in [0.2, 0.25) is 15.9 Å². The van der Waals surface area contributed by atoms with Gasteiger partial charge >= 0.3 is 0 Å². The maximum absolute atomic E-state index is 13.3. The smallest absolute Gasteiger partial charge is 0.232 e. The van der Waals surface area contributed by atoms with Crippen LogP contribution >= 0.6 is 0 Å². The summed E-state index contributed by atoms with van der Waals surface area (Å²) in [6.07, 6.45) is 1.17. The van der Waals surface area contributed by atoms with Crippen molar-refractivity contribution in [3.63, 3.8) is 0 Å². The Labute approximate surface area is 140 Å². The minimum absolute atomic E-state index is 0.0384. The SMILES string of the molecule is CS(=O)(=O)N(CCC(=O)NC1CCS(=O)(=O)C1)c1cccc(F)c1. The second-order valence-corrected chi connectivity index (χ2v) is 9.87. The number of carbonyl (C=O) groups excluding carboxylic acids is 1. The van der Waals surface area contributed by atoms with E-state index in [1.807, 2.05) is 0 Å². The molecule has 1 unspecified atom stereocenters. The summed E-state index contributed by atoms with van der Waals surface area (Å²) < 4.78 is 60.7. The Bertz CT molecular complexity index is 823. The number of sulfonamides is 1. The first-order valence-electron chi connectivity index (χ1n) is 7.30. The molecule has 0 bridgehead atoms. The number of nitrogens with zero attached hydrogens (tertiary/aromatic N) is 1. The van der Waals surface area contributed by atoms with Crippen LogP contribution in [0, 0.1) is 5.82 Å². The lowest BCUT2D eigenvalue weighted by Gasteiger charge is -2.22. The summed E-state index contributed by atoms with van der Waals surface area (Å²) in [6, 6.07) is 4.64. The number of halogens is 1. The quantitative estimate of drug-likeness (QED) is 0.767. The topological polar surface area (TPSA) is 101 Å². The molecule has 1 N–H and O–H groups in total. The fraction of sp³-hybridized carbons (Fsp3) is 0.500. The van der Waals surface area contributed by atoms with E-state index in [2.05, 4.69) is 5.32 Å². The van der Waals surface area contributed by atoms with Gasteiger partial charge in [-0.15, -0.1) is 0 Å². The van der Waals surface area contributed by atoms with Gasteiger partial charge in [0, 0.05) is 19.0 Å². The molecule has 1 atom stereocenters. The molecule has 1 aromatic rings. The number of carbonyl (C=O) groups is 1. The molecular formula is C14H19FN2O5S2. The highest BCUT2D eigenvalue weighted by atomic mass is 32.2. The maximum atomic E-state index is 13.3. The first-order chi connectivity index (χ1) is 11.1. The molecule has 134 valence electrons. The third kappa shape index (κ3) is 5.17. The predicted molar refractivity (Wildman–Crippen MR) is 88.4 cm³/mol. The normalized spacial score (nSPS) is 19.8. The molecule has 0 spiro atoms. The van der Waals surface area contributed by atoms with E-state index >= 15 is 0 Å². The Balaban J connectivity index is 2.00. The average molecular weight is 378 g/mol.